The fraction of sp³-hybridized carbons (Fsp3) is 0.600. The molecule has 2 aromatic heterocycles. The molecular weight excluding hydrogens is 342 g/mol. The van der Waals surface area contributed by atoms with Crippen molar-refractivity contribution < 1.29 is 9.32 Å². The number of anilines is 1. The van der Waals surface area contributed by atoms with Crippen LogP contribution in [0.3, 0.4) is 0 Å². The molecular formula is C20H27N5O2. The molecule has 7 heteroatoms. The highest BCUT2D eigenvalue weighted by Crippen LogP contribution is 2.39. The topological polar surface area (TPSA) is 75.4 Å². The van der Waals surface area contributed by atoms with Crippen molar-refractivity contribution in [1.29, 1.82) is 0 Å². The number of piperidine rings is 1. The van der Waals surface area contributed by atoms with Crippen molar-refractivity contribution in [3.05, 3.63) is 23.7 Å². The van der Waals surface area contributed by atoms with Crippen LogP contribution in [-0.2, 0) is 4.79 Å². The normalized spacial score (nSPS) is 20.4. The molecule has 3 heterocycles. The second-order valence-corrected chi connectivity index (χ2v) is 7.87. The monoisotopic (exact) mass is 369 g/mol. The molecule has 0 spiro atoms. The SMILES string of the molecule is Cc1cc(-c2cnc(N(C)C)nc2[C@@H]2CCCCN2C(=O)C2CCC2)on1. The average molecular weight is 369 g/mol. The van der Waals surface area contributed by atoms with E-state index in [2.05, 4.69) is 15.0 Å². The maximum absolute atomic E-state index is 13.1. The summed E-state index contributed by atoms with van der Waals surface area (Å²) >= 11 is 0. The fourth-order valence-corrected chi connectivity index (χ4v) is 3.90. The van der Waals surface area contributed by atoms with E-state index in [0.717, 1.165) is 62.0 Å². The van der Waals surface area contributed by atoms with Gasteiger partial charge in [0.15, 0.2) is 5.76 Å². The van der Waals surface area contributed by atoms with Gasteiger partial charge in [0.2, 0.25) is 11.9 Å². The summed E-state index contributed by atoms with van der Waals surface area (Å²) in [5.41, 5.74) is 2.52. The van der Waals surface area contributed by atoms with Crippen LogP contribution in [0.25, 0.3) is 11.3 Å². The standard InChI is InChI=1S/C20H27N5O2/c1-13-11-17(27-23-13)15-12-21-20(24(2)3)22-18(15)16-9-4-5-10-25(16)19(26)14-7-6-8-14/h11-12,14,16H,4-10H2,1-3H3/t16-/m0/s1. The average Bonchev–Trinajstić information content (AvgIpc) is 3.06. The van der Waals surface area contributed by atoms with Crippen LogP contribution in [0.4, 0.5) is 5.95 Å². The van der Waals surface area contributed by atoms with E-state index >= 15 is 0 Å². The molecule has 1 aliphatic heterocycles. The van der Waals surface area contributed by atoms with Crippen LogP contribution in [0.15, 0.2) is 16.8 Å². The van der Waals surface area contributed by atoms with Crippen LogP contribution in [0.2, 0.25) is 0 Å². The molecule has 1 amide bonds. The molecule has 4 rings (SSSR count). The lowest BCUT2D eigenvalue weighted by atomic mass is 9.83. The third kappa shape index (κ3) is 3.42. The van der Waals surface area contributed by atoms with Crippen LogP contribution in [0.1, 0.15) is 56.0 Å². The zero-order valence-electron chi connectivity index (χ0n) is 16.3. The minimum Gasteiger partial charge on any atom is -0.356 e. The molecule has 0 N–H and O–H groups in total. The molecule has 0 unspecified atom stereocenters. The molecule has 0 aromatic carbocycles. The van der Waals surface area contributed by atoms with E-state index in [1.54, 1.807) is 6.20 Å². The van der Waals surface area contributed by atoms with Crippen LogP contribution in [-0.4, -0.2) is 46.6 Å². The lowest BCUT2D eigenvalue weighted by molar-refractivity contribution is -0.142. The van der Waals surface area contributed by atoms with Crippen LogP contribution in [0.5, 0.6) is 0 Å². The van der Waals surface area contributed by atoms with Gasteiger partial charge in [-0.2, -0.15) is 0 Å². The quantitative estimate of drug-likeness (QED) is 0.823. The zero-order valence-corrected chi connectivity index (χ0v) is 16.3. The van der Waals surface area contributed by atoms with Crippen molar-refractivity contribution in [2.24, 2.45) is 5.92 Å². The maximum atomic E-state index is 13.1. The number of carbonyl (C=O) groups excluding carboxylic acids is 1. The molecule has 2 aromatic rings. The predicted octanol–water partition coefficient (Wildman–Crippen LogP) is 3.36. The van der Waals surface area contributed by atoms with Gasteiger partial charge in [0, 0.05) is 38.8 Å². The minimum absolute atomic E-state index is 0.0334. The Labute approximate surface area is 159 Å². The van der Waals surface area contributed by atoms with Crippen molar-refractivity contribution in [3.63, 3.8) is 0 Å². The Kier molecular flexibility index (Phi) is 4.85. The van der Waals surface area contributed by atoms with Crippen LogP contribution < -0.4 is 4.90 Å². The first kappa shape index (κ1) is 17.9. The molecule has 1 aliphatic carbocycles. The van der Waals surface area contributed by atoms with Gasteiger partial charge in [-0.3, -0.25) is 4.79 Å². The largest absolute Gasteiger partial charge is 0.356 e. The van der Waals surface area contributed by atoms with Gasteiger partial charge in [0.25, 0.3) is 0 Å². The van der Waals surface area contributed by atoms with E-state index in [4.69, 9.17) is 9.51 Å². The molecule has 1 atom stereocenters. The Morgan fingerprint density at radius 2 is 2.04 bits per heavy atom. The van der Waals surface area contributed by atoms with Crippen LogP contribution in [0, 0.1) is 12.8 Å². The van der Waals surface area contributed by atoms with E-state index in [9.17, 15) is 4.79 Å². The highest BCUT2D eigenvalue weighted by molar-refractivity contribution is 5.80. The lowest BCUT2D eigenvalue weighted by Gasteiger charge is -2.40. The molecule has 0 bridgehead atoms. The van der Waals surface area contributed by atoms with E-state index < -0.39 is 0 Å². The van der Waals surface area contributed by atoms with Gasteiger partial charge in [-0.25, -0.2) is 9.97 Å². The van der Waals surface area contributed by atoms with E-state index in [1.807, 2.05) is 32.0 Å². The minimum atomic E-state index is -0.0334. The van der Waals surface area contributed by atoms with Gasteiger partial charge in [0.1, 0.15) is 0 Å². The fourth-order valence-electron chi connectivity index (χ4n) is 3.90. The number of hydrogen-bond acceptors (Lipinski definition) is 6. The van der Waals surface area contributed by atoms with E-state index in [-0.39, 0.29) is 17.9 Å². The first-order chi connectivity index (χ1) is 13.0. The van der Waals surface area contributed by atoms with Crippen molar-refractivity contribution in [1.82, 2.24) is 20.0 Å². The van der Waals surface area contributed by atoms with Gasteiger partial charge >= 0.3 is 0 Å². The van der Waals surface area contributed by atoms with Crippen molar-refractivity contribution in [3.8, 4) is 11.3 Å². The summed E-state index contributed by atoms with van der Waals surface area (Å²) in [6.07, 6.45) is 8.06. The first-order valence-electron chi connectivity index (χ1n) is 9.83. The first-order valence-corrected chi connectivity index (χ1v) is 9.83. The molecule has 144 valence electrons. The Balaban J connectivity index is 1.76. The van der Waals surface area contributed by atoms with E-state index in [0.29, 0.717) is 11.7 Å². The second-order valence-electron chi connectivity index (χ2n) is 7.87. The highest BCUT2D eigenvalue weighted by atomic mass is 16.5. The molecule has 1 saturated heterocycles. The Hall–Kier alpha value is -2.44. The molecule has 1 saturated carbocycles. The summed E-state index contributed by atoms with van der Waals surface area (Å²) in [5, 5.41) is 4.02. The molecule has 7 nitrogen and oxygen atoms in total. The van der Waals surface area contributed by atoms with Gasteiger partial charge < -0.3 is 14.3 Å². The molecule has 2 fully saturated rings. The smallest absolute Gasteiger partial charge is 0.226 e. The number of carbonyl (C=O) groups is 1. The van der Waals surface area contributed by atoms with Crippen LogP contribution >= 0.6 is 0 Å². The maximum Gasteiger partial charge on any atom is 0.226 e. The number of amides is 1. The Morgan fingerprint density at radius 1 is 1.22 bits per heavy atom. The number of likely N-dealkylation sites (tertiary alicyclic amines) is 1. The number of nitrogens with zero attached hydrogens (tertiary/aromatic N) is 5. The van der Waals surface area contributed by atoms with Crippen molar-refractivity contribution in [2.75, 3.05) is 25.5 Å². The number of hydrogen-bond donors (Lipinski definition) is 0. The van der Waals surface area contributed by atoms with Crippen molar-refractivity contribution >= 4 is 11.9 Å². The second kappa shape index (κ2) is 7.29. The summed E-state index contributed by atoms with van der Waals surface area (Å²) < 4.78 is 5.51. The number of rotatable bonds is 4. The van der Waals surface area contributed by atoms with Gasteiger partial charge in [-0.15, -0.1) is 0 Å². The summed E-state index contributed by atoms with van der Waals surface area (Å²) in [7, 11) is 3.85. The van der Waals surface area contributed by atoms with E-state index in [1.165, 1.54) is 0 Å². The zero-order chi connectivity index (χ0) is 19.0. The highest BCUT2D eigenvalue weighted by Gasteiger charge is 2.37. The summed E-state index contributed by atoms with van der Waals surface area (Å²) in [4.78, 5) is 26.3. The number of aromatic nitrogens is 3. The molecule has 2 aliphatic rings. The van der Waals surface area contributed by atoms with Gasteiger partial charge in [-0.1, -0.05) is 11.6 Å². The third-order valence-electron chi connectivity index (χ3n) is 5.65. The summed E-state index contributed by atoms with van der Waals surface area (Å²) in [6, 6.07) is 1.87. The number of aryl methyl sites for hydroxylation is 1. The van der Waals surface area contributed by atoms with Crippen molar-refractivity contribution in [2.45, 2.75) is 51.5 Å². The summed E-state index contributed by atoms with van der Waals surface area (Å²) in [5.74, 6) is 1.79. The predicted molar refractivity (Wildman–Crippen MR) is 102 cm³/mol. The molecule has 0 radical (unpaired) electrons. The Bertz CT molecular complexity index is 828. The van der Waals surface area contributed by atoms with Gasteiger partial charge in [-0.05, 0) is 39.0 Å². The molecule has 27 heavy (non-hydrogen) atoms. The Morgan fingerprint density at radius 3 is 2.67 bits per heavy atom. The summed E-state index contributed by atoms with van der Waals surface area (Å²) in [6.45, 7) is 2.70. The van der Waals surface area contributed by atoms with Gasteiger partial charge in [0.05, 0.1) is 23.0 Å². The third-order valence-corrected chi connectivity index (χ3v) is 5.65. The lowest BCUT2D eigenvalue weighted by Crippen LogP contribution is -2.44.